The van der Waals surface area contributed by atoms with E-state index in [1.54, 1.807) is 36.4 Å². The Morgan fingerprint density at radius 3 is 2.06 bits per heavy atom. The highest BCUT2D eigenvalue weighted by Gasteiger charge is 2.14. The summed E-state index contributed by atoms with van der Waals surface area (Å²) >= 11 is 1.37. The van der Waals surface area contributed by atoms with Crippen molar-refractivity contribution < 1.29 is 13.6 Å². The van der Waals surface area contributed by atoms with Crippen molar-refractivity contribution >= 4 is 28.1 Å². The number of nitrogens with two attached hydrogens (primary N) is 1. The van der Waals surface area contributed by atoms with E-state index in [2.05, 4.69) is 10.3 Å². The summed E-state index contributed by atoms with van der Waals surface area (Å²) in [5.41, 5.74) is 9.47. The van der Waals surface area contributed by atoms with Gasteiger partial charge in [0.1, 0.15) is 11.6 Å². The molecule has 33 heavy (non-hydrogen) atoms. The summed E-state index contributed by atoms with van der Waals surface area (Å²) in [6.07, 6.45) is 0. The number of benzene rings is 3. The lowest BCUT2D eigenvalue weighted by Gasteiger charge is -2.22. The predicted molar refractivity (Wildman–Crippen MR) is 128 cm³/mol. The van der Waals surface area contributed by atoms with E-state index >= 15 is 0 Å². The quantitative estimate of drug-likeness (QED) is 0.371. The molecule has 1 aromatic heterocycles. The first-order valence-corrected chi connectivity index (χ1v) is 11.1. The van der Waals surface area contributed by atoms with Gasteiger partial charge in [0.05, 0.1) is 12.2 Å². The fourth-order valence-corrected chi connectivity index (χ4v) is 4.08. The average molecular weight is 465 g/mol. The molecule has 1 heterocycles. The summed E-state index contributed by atoms with van der Waals surface area (Å²) in [6.45, 7) is 0.731. The van der Waals surface area contributed by atoms with Crippen LogP contribution in [0.25, 0.3) is 11.3 Å². The predicted octanol–water partition coefficient (Wildman–Crippen LogP) is 5.31. The highest BCUT2D eigenvalue weighted by molar-refractivity contribution is 7.13. The number of nitrogen functional groups attached to an aromatic ring is 1. The van der Waals surface area contributed by atoms with Crippen LogP contribution in [0.15, 0.2) is 78.2 Å². The fraction of sp³-hybridized carbons (Fsp3) is 0.120. The van der Waals surface area contributed by atoms with Crippen LogP contribution < -0.4 is 11.1 Å². The van der Waals surface area contributed by atoms with Gasteiger partial charge in [-0.2, -0.15) is 0 Å². The number of carbonyl (C=O) groups excluding carboxylic acids is 1. The first-order valence-electron chi connectivity index (χ1n) is 10.3. The fourth-order valence-electron chi connectivity index (χ4n) is 3.50. The minimum absolute atomic E-state index is 0.0530. The molecular formula is C25H22F2N4OS. The highest BCUT2D eigenvalue weighted by Crippen LogP contribution is 2.24. The molecule has 168 valence electrons. The number of hydrogen-bond acceptors (Lipinski definition) is 5. The molecule has 3 N–H and O–H groups in total. The van der Waals surface area contributed by atoms with E-state index in [1.165, 1.54) is 35.6 Å². The molecule has 0 spiro atoms. The van der Waals surface area contributed by atoms with Crippen LogP contribution in [-0.4, -0.2) is 22.3 Å². The van der Waals surface area contributed by atoms with E-state index in [-0.39, 0.29) is 24.1 Å². The van der Waals surface area contributed by atoms with Gasteiger partial charge >= 0.3 is 0 Å². The first-order chi connectivity index (χ1) is 15.9. The number of aromatic nitrogens is 1. The topological polar surface area (TPSA) is 71.2 Å². The molecule has 0 saturated heterocycles. The van der Waals surface area contributed by atoms with Gasteiger partial charge in [0.25, 0.3) is 0 Å². The number of thiazole rings is 1. The molecule has 4 rings (SSSR count). The van der Waals surface area contributed by atoms with Crippen molar-refractivity contribution in [3.05, 3.63) is 101 Å². The standard InChI is InChI=1S/C25H22F2N4OS/c26-20-5-1-3-17(11-20)13-31(14-18-4-2-6-21(27)12-18)15-24(32)29-22-9-7-19(8-10-22)23-16-33-25(28)30-23/h1-12,16H,13-15H2,(H2,28,30)(H,29,32). The largest absolute Gasteiger partial charge is 0.375 e. The Morgan fingerprint density at radius 2 is 1.55 bits per heavy atom. The third-order valence-corrected chi connectivity index (χ3v) is 5.62. The van der Waals surface area contributed by atoms with Gasteiger partial charge in [0.2, 0.25) is 5.91 Å². The summed E-state index contributed by atoms with van der Waals surface area (Å²) in [6, 6.07) is 19.8. The molecular weight excluding hydrogens is 442 g/mol. The maximum absolute atomic E-state index is 13.6. The number of nitrogens with one attached hydrogen (secondary N) is 1. The smallest absolute Gasteiger partial charge is 0.238 e. The Labute approximate surface area is 194 Å². The molecule has 0 fully saturated rings. The van der Waals surface area contributed by atoms with Crippen LogP contribution in [0.3, 0.4) is 0 Å². The molecule has 0 atom stereocenters. The molecule has 0 aliphatic rings. The molecule has 5 nitrogen and oxygen atoms in total. The van der Waals surface area contributed by atoms with Crippen molar-refractivity contribution in [2.24, 2.45) is 0 Å². The third-order valence-electron chi connectivity index (χ3n) is 4.94. The summed E-state index contributed by atoms with van der Waals surface area (Å²) in [4.78, 5) is 18.9. The Morgan fingerprint density at radius 1 is 0.939 bits per heavy atom. The van der Waals surface area contributed by atoms with Gasteiger partial charge in [-0.15, -0.1) is 11.3 Å². The molecule has 0 aliphatic heterocycles. The summed E-state index contributed by atoms with van der Waals surface area (Å²) in [5.74, 6) is -0.914. The number of rotatable bonds is 8. The van der Waals surface area contributed by atoms with Crippen molar-refractivity contribution in [1.29, 1.82) is 0 Å². The van der Waals surface area contributed by atoms with E-state index in [4.69, 9.17) is 5.73 Å². The van der Waals surface area contributed by atoms with Gasteiger partial charge < -0.3 is 11.1 Å². The molecule has 0 saturated carbocycles. The Hall–Kier alpha value is -3.62. The number of amides is 1. The molecule has 0 aliphatic carbocycles. The minimum Gasteiger partial charge on any atom is -0.375 e. The summed E-state index contributed by atoms with van der Waals surface area (Å²) in [7, 11) is 0. The van der Waals surface area contributed by atoms with E-state index in [1.807, 2.05) is 22.4 Å². The Bertz CT molecular complexity index is 1200. The maximum atomic E-state index is 13.6. The number of nitrogens with zero attached hydrogens (tertiary/aromatic N) is 2. The first kappa shape index (κ1) is 22.6. The number of carbonyl (C=O) groups is 1. The molecule has 3 aromatic carbocycles. The second kappa shape index (κ2) is 10.3. The van der Waals surface area contributed by atoms with Crippen molar-refractivity contribution in [2.45, 2.75) is 13.1 Å². The van der Waals surface area contributed by atoms with Crippen LogP contribution >= 0.6 is 11.3 Å². The number of halogens is 2. The van der Waals surface area contributed by atoms with Gasteiger partial charge in [-0.25, -0.2) is 13.8 Å². The zero-order valence-electron chi connectivity index (χ0n) is 17.7. The van der Waals surface area contributed by atoms with E-state index in [0.717, 1.165) is 22.4 Å². The van der Waals surface area contributed by atoms with Crippen LogP contribution in [-0.2, 0) is 17.9 Å². The average Bonchev–Trinajstić information content (AvgIpc) is 3.20. The van der Waals surface area contributed by atoms with Crippen molar-refractivity contribution in [2.75, 3.05) is 17.6 Å². The lowest BCUT2D eigenvalue weighted by Crippen LogP contribution is -2.32. The van der Waals surface area contributed by atoms with Gasteiger partial charge in [-0.3, -0.25) is 9.69 Å². The second-order valence-electron chi connectivity index (χ2n) is 7.60. The van der Waals surface area contributed by atoms with Crippen LogP contribution in [0.4, 0.5) is 19.6 Å². The molecule has 1 amide bonds. The normalized spacial score (nSPS) is 11.0. The maximum Gasteiger partial charge on any atom is 0.238 e. The summed E-state index contributed by atoms with van der Waals surface area (Å²) in [5, 5.41) is 5.25. The van der Waals surface area contributed by atoms with Gasteiger partial charge in [0.15, 0.2) is 5.13 Å². The molecule has 4 aromatic rings. The van der Waals surface area contributed by atoms with E-state index in [0.29, 0.717) is 23.9 Å². The van der Waals surface area contributed by atoms with Crippen LogP contribution in [0, 0.1) is 11.6 Å². The second-order valence-corrected chi connectivity index (χ2v) is 8.49. The summed E-state index contributed by atoms with van der Waals surface area (Å²) < 4.78 is 27.3. The number of anilines is 2. The van der Waals surface area contributed by atoms with E-state index in [9.17, 15) is 13.6 Å². The molecule has 0 unspecified atom stereocenters. The van der Waals surface area contributed by atoms with Crippen molar-refractivity contribution in [3.8, 4) is 11.3 Å². The number of hydrogen-bond donors (Lipinski definition) is 2. The van der Waals surface area contributed by atoms with E-state index < -0.39 is 0 Å². The SMILES string of the molecule is Nc1nc(-c2ccc(NC(=O)CN(Cc3cccc(F)c3)Cc3cccc(F)c3)cc2)cs1. The lowest BCUT2D eigenvalue weighted by molar-refractivity contribution is -0.117. The third kappa shape index (κ3) is 6.44. The monoisotopic (exact) mass is 464 g/mol. The molecule has 0 bridgehead atoms. The molecule has 0 radical (unpaired) electrons. The zero-order valence-corrected chi connectivity index (χ0v) is 18.5. The van der Waals surface area contributed by atoms with Crippen LogP contribution in [0.1, 0.15) is 11.1 Å². The Kier molecular flexibility index (Phi) is 7.07. The lowest BCUT2D eigenvalue weighted by atomic mass is 10.1. The van der Waals surface area contributed by atoms with Crippen molar-refractivity contribution in [1.82, 2.24) is 9.88 Å². The highest BCUT2D eigenvalue weighted by atomic mass is 32.1. The van der Waals surface area contributed by atoms with Gasteiger partial charge in [-0.1, -0.05) is 36.4 Å². The van der Waals surface area contributed by atoms with Gasteiger partial charge in [-0.05, 0) is 47.5 Å². The van der Waals surface area contributed by atoms with Gasteiger partial charge in [0, 0.05) is 29.7 Å². The zero-order chi connectivity index (χ0) is 23.2. The van der Waals surface area contributed by atoms with Crippen LogP contribution in [0.2, 0.25) is 0 Å². The minimum atomic E-state index is -0.343. The van der Waals surface area contributed by atoms with Crippen LogP contribution in [0.5, 0.6) is 0 Å². The molecule has 8 heteroatoms. The Balaban J connectivity index is 1.44. The van der Waals surface area contributed by atoms with Crippen molar-refractivity contribution in [3.63, 3.8) is 0 Å².